The van der Waals surface area contributed by atoms with E-state index < -0.39 is 11.9 Å². The lowest BCUT2D eigenvalue weighted by Crippen LogP contribution is -2.38. The molecule has 0 bridgehead atoms. The van der Waals surface area contributed by atoms with Crippen LogP contribution in [0.5, 0.6) is 0 Å². The first-order chi connectivity index (χ1) is 12.8. The molecule has 3 rings (SSSR count). The summed E-state index contributed by atoms with van der Waals surface area (Å²) >= 11 is 0. The second-order valence-corrected chi connectivity index (χ2v) is 6.99. The standard InChI is InChI=1S/C19H22FN3O4/c1-11-9-13(3-6-15(11)20)18-21-16(27-22-18)7-8-17(24)23(14-4-5-14)10-12(2)19(25)26/h3,6,9,12,14H,4-5,7-8,10H2,1-2H3,(H,25,26). The lowest BCUT2D eigenvalue weighted by Gasteiger charge is -2.24. The van der Waals surface area contributed by atoms with Gasteiger partial charge in [-0.1, -0.05) is 12.1 Å². The summed E-state index contributed by atoms with van der Waals surface area (Å²) in [6.07, 6.45) is 2.27. The Labute approximate surface area is 156 Å². The summed E-state index contributed by atoms with van der Waals surface area (Å²) in [4.78, 5) is 29.5. The van der Waals surface area contributed by atoms with Gasteiger partial charge in [0.05, 0.1) is 5.92 Å². The minimum atomic E-state index is -0.912. The predicted molar refractivity (Wildman–Crippen MR) is 94.3 cm³/mol. The van der Waals surface area contributed by atoms with Crippen LogP contribution in [-0.2, 0) is 16.0 Å². The molecule has 7 nitrogen and oxygen atoms in total. The predicted octanol–water partition coefficient (Wildman–Crippen LogP) is 2.83. The van der Waals surface area contributed by atoms with Gasteiger partial charge in [-0.2, -0.15) is 4.98 Å². The Morgan fingerprint density at radius 3 is 2.78 bits per heavy atom. The van der Waals surface area contributed by atoms with Crippen LogP contribution in [0.2, 0.25) is 0 Å². The Hall–Kier alpha value is -2.77. The molecule has 0 spiro atoms. The molecule has 1 aromatic carbocycles. The topological polar surface area (TPSA) is 96.5 Å². The normalized spacial score (nSPS) is 14.8. The van der Waals surface area contributed by atoms with Crippen molar-refractivity contribution < 1.29 is 23.6 Å². The minimum absolute atomic E-state index is 0.108. The number of halogens is 1. The Balaban J connectivity index is 1.60. The van der Waals surface area contributed by atoms with Gasteiger partial charge in [0, 0.05) is 31.0 Å². The monoisotopic (exact) mass is 375 g/mol. The minimum Gasteiger partial charge on any atom is -0.481 e. The van der Waals surface area contributed by atoms with Crippen molar-refractivity contribution in [2.24, 2.45) is 5.92 Å². The highest BCUT2D eigenvalue weighted by atomic mass is 19.1. The molecule has 27 heavy (non-hydrogen) atoms. The van der Waals surface area contributed by atoms with Crippen molar-refractivity contribution in [3.05, 3.63) is 35.5 Å². The third-order valence-electron chi connectivity index (χ3n) is 4.64. The molecular weight excluding hydrogens is 353 g/mol. The van der Waals surface area contributed by atoms with E-state index in [1.165, 1.54) is 6.07 Å². The van der Waals surface area contributed by atoms with Crippen molar-refractivity contribution in [2.45, 2.75) is 45.6 Å². The number of rotatable bonds is 8. The zero-order valence-corrected chi connectivity index (χ0v) is 15.3. The van der Waals surface area contributed by atoms with Crippen molar-refractivity contribution in [3.8, 4) is 11.4 Å². The quantitative estimate of drug-likeness (QED) is 0.762. The van der Waals surface area contributed by atoms with Crippen molar-refractivity contribution in [2.75, 3.05) is 6.54 Å². The Kier molecular flexibility index (Phi) is 5.53. The van der Waals surface area contributed by atoms with Gasteiger partial charge < -0.3 is 14.5 Å². The summed E-state index contributed by atoms with van der Waals surface area (Å²) in [5.74, 6) is -1.26. The van der Waals surface area contributed by atoms with Gasteiger partial charge in [-0.15, -0.1) is 0 Å². The molecule has 1 aliphatic rings. The third kappa shape index (κ3) is 4.69. The van der Waals surface area contributed by atoms with Crippen molar-refractivity contribution in [1.82, 2.24) is 15.0 Å². The molecule has 0 aliphatic heterocycles. The Bertz CT molecular complexity index is 847. The van der Waals surface area contributed by atoms with E-state index >= 15 is 0 Å². The lowest BCUT2D eigenvalue weighted by molar-refractivity contribution is -0.143. The van der Waals surface area contributed by atoms with E-state index in [0.717, 1.165) is 12.8 Å². The van der Waals surface area contributed by atoms with Crippen LogP contribution in [0.4, 0.5) is 4.39 Å². The van der Waals surface area contributed by atoms with E-state index in [9.17, 15) is 14.0 Å². The average Bonchev–Trinajstić information content (AvgIpc) is 3.36. The largest absolute Gasteiger partial charge is 0.481 e. The molecule has 144 valence electrons. The number of carboxylic acid groups (broad SMARTS) is 1. The SMILES string of the molecule is Cc1cc(-c2noc(CCC(=O)N(CC(C)C(=O)O)C3CC3)n2)ccc1F. The number of hydrogen-bond acceptors (Lipinski definition) is 5. The van der Waals surface area contributed by atoms with E-state index in [1.807, 2.05) is 0 Å². The van der Waals surface area contributed by atoms with Gasteiger partial charge in [0.1, 0.15) is 5.82 Å². The van der Waals surface area contributed by atoms with Crippen LogP contribution in [0.25, 0.3) is 11.4 Å². The molecule has 1 unspecified atom stereocenters. The number of carboxylic acids is 1. The molecular formula is C19H22FN3O4. The Morgan fingerprint density at radius 1 is 1.41 bits per heavy atom. The van der Waals surface area contributed by atoms with E-state index in [0.29, 0.717) is 22.8 Å². The number of amides is 1. The fourth-order valence-electron chi connectivity index (χ4n) is 2.83. The molecule has 1 saturated carbocycles. The second kappa shape index (κ2) is 7.85. The van der Waals surface area contributed by atoms with Crippen LogP contribution in [-0.4, -0.2) is 44.6 Å². The highest BCUT2D eigenvalue weighted by molar-refractivity contribution is 5.78. The van der Waals surface area contributed by atoms with Gasteiger partial charge in [-0.25, -0.2) is 4.39 Å². The summed E-state index contributed by atoms with van der Waals surface area (Å²) in [6, 6.07) is 4.70. The smallest absolute Gasteiger partial charge is 0.308 e. The maximum absolute atomic E-state index is 13.4. The maximum Gasteiger partial charge on any atom is 0.308 e. The summed E-state index contributed by atoms with van der Waals surface area (Å²) in [6.45, 7) is 3.46. The lowest BCUT2D eigenvalue weighted by atomic mass is 10.1. The summed E-state index contributed by atoms with van der Waals surface area (Å²) in [5.41, 5.74) is 1.13. The molecule has 0 radical (unpaired) electrons. The fourth-order valence-corrected chi connectivity index (χ4v) is 2.83. The van der Waals surface area contributed by atoms with Crippen LogP contribution >= 0.6 is 0 Å². The fraction of sp³-hybridized carbons (Fsp3) is 0.474. The van der Waals surface area contributed by atoms with E-state index in [1.54, 1.807) is 30.9 Å². The van der Waals surface area contributed by atoms with Crippen LogP contribution in [0.1, 0.15) is 37.6 Å². The molecule has 1 atom stereocenters. The molecule has 0 saturated heterocycles. The third-order valence-corrected chi connectivity index (χ3v) is 4.64. The number of aryl methyl sites for hydroxylation is 2. The van der Waals surface area contributed by atoms with Crippen molar-refractivity contribution in [3.63, 3.8) is 0 Å². The first-order valence-electron chi connectivity index (χ1n) is 8.96. The van der Waals surface area contributed by atoms with E-state index in [-0.39, 0.29) is 37.2 Å². The van der Waals surface area contributed by atoms with Gasteiger partial charge in [0.2, 0.25) is 17.6 Å². The number of hydrogen-bond donors (Lipinski definition) is 1. The number of aliphatic carboxylic acids is 1. The van der Waals surface area contributed by atoms with Crippen LogP contribution in [0, 0.1) is 18.7 Å². The first-order valence-corrected chi connectivity index (χ1v) is 8.96. The van der Waals surface area contributed by atoms with Crippen LogP contribution in [0.3, 0.4) is 0 Å². The first kappa shape index (κ1) is 19.0. The summed E-state index contributed by atoms with van der Waals surface area (Å²) in [5, 5.41) is 13.0. The molecule has 1 aromatic heterocycles. The van der Waals surface area contributed by atoms with E-state index in [2.05, 4.69) is 10.1 Å². The van der Waals surface area contributed by atoms with Gasteiger partial charge in [-0.3, -0.25) is 9.59 Å². The molecule has 1 heterocycles. The van der Waals surface area contributed by atoms with Gasteiger partial charge in [0.15, 0.2) is 0 Å². The molecule has 2 aromatic rings. The molecule has 8 heteroatoms. The summed E-state index contributed by atoms with van der Waals surface area (Å²) < 4.78 is 18.6. The maximum atomic E-state index is 13.4. The molecule has 1 aliphatic carbocycles. The molecule has 1 fully saturated rings. The van der Waals surface area contributed by atoms with Crippen molar-refractivity contribution >= 4 is 11.9 Å². The highest BCUT2D eigenvalue weighted by Gasteiger charge is 2.34. The number of aromatic nitrogens is 2. The Morgan fingerprint density at radius 2 is 2.15 bits per heavy atom. The zero-order chi connectivity index (χ0) is 19.6. The molecule has 1 amide bonds. The van der Waals surface area contributed by atoms with Gasteiger partial charge in [0.25, 0.3) is 0 Å². The number of benzene rings is 1. The van der Waals surface area contributed by atoms with Gasteiger partial charge >= 0.3 is 5.97 Å². The number of nitrogens with zero attached hydrogens (tertiary/aromatic N) is 3. The zero-order valence-electron chi connectivity index (χ0n) is 15.3. The second-order valence-electron chi connectivity index (χ2n) is 6.99. The van der Waals surface area contributed by atoms with Crippen LogP contribution < -0.4 is 0 Å². The number of carbonyl (C=O) groups excluding carboxylic acids is 1. The highest BCUT2D eigenvalue weighted by Crippen LogP contribution is 2.28. The van der Waals surface area contributed by atoms with E-state index in [4.69, 9.17) is 9.63 Å². The summed E-state index contributed by atoms with van der Waals surface area (Å²) in [7, 11) is 0. The average molecular weight is 375 g/mol. The number of carbonyl (C=O) groups is 2. The van der Waals surface area contributed by atoms with Crippen molar-refractivity contribution in [1.29, 1.82) is 0 Å². The van der Waals surface area contributed by atoms with Crippen LogP contribution in [0.15, 0.2) is 22.7 Å². The van der Waals surface area contributed by atoms with Gasteiger partial charge in [-0.05, 0) is 43.5 Å². The molecule has 1 N–H and O–H groups in total.